The van der Waals surface area contributed by atoms with Crippen LogP contribution in [0.15, 0.2) is 18.3 Å². The van der Waals surface area contributed by atoms with Gasteiger partial charge in [-0.1, -0.05) is 6.92 Å². The molecular weight excluding hydrogens is 180 g/mol. The molecule has 14 heavy (non-hydrogen) atoms. The van der Waals surface area contributed by atoms with Gasteiger partial charge in [-0.25, -0.2) is 9.78 Å². The van der Waals surface area contributed by atoms with Gasteiger partial charge in [0.1, 0.15) is 11.3 Å². The van der Waals surface area contributed by atoms with E-state index in [-0.39, 0.29) is 5.69 Å². The molecule has 0 atom stereocenters. The van der Waals surface area contributed by atoms with Crippen LogP contribution in [0.5, 0.6) is 0 Å². The first-order chi connectivity index (χ1) is 6.72. The average molecular weight is 190 g/mol. The number of H-pyrrole nitrogens is 1. The molecule has 0 aromatic carbocycles. The molecule has 0 amide bonds. The third-order valence-electron chi connectivity index (χ3n) is 2.23. The molecule has 0 radical (unpaired) electrons. The standard InChI is InChI=1S/C10H10N2O2/c1-2-6-3-4-11-9-7(6)5-8(12-9)10(13)14/h3-5H,2H2,1H3,(H,11,12)(H,13,14). The minimum atomic E-state index is -0.954. The van der Waals surface area contributed by atoms with Gasteiger partial charge in [-0.15, -0.1) is 0 Å². The molecule has 4 heteroatoms. The first kappa shape index (κ1) is 8.74. The number of carboxylic acids is 1. The second-order valence-corrected chi connectivity index (χ2v) is 3.07. The SMILES string of the molecule is CCc1ccnc2[nH]c(C(=O)O)cc12. The summed E-state index contributed by atoms with van der Waals surface area (Å²) in [5.41, 5.74) is 1.94. The molecule has 0 aliphatic rings. The van der Waals surface area contributed by atoms with Gasteiger partial charge in [-0.3, -0.25) is 0 Å². The molecule has 0 spiro atoms. The lowest BCUT2D eigenvalue weighted by Gasteiger charge is -1.95. The second-order valence-electron chi connectivity index (χ2n) is 3.07. The molecule has 0 aliphatic carbocycles. The van der Waals surface area contributed by atoms with Crippen molar-refractivity contribution in [1.29, 1.82) is 0 Å². The lowest BCUT2D eigenvalue weighted by atomic mass is 10.1. The predicted molar refractivity (Wildman–Crippen MR) is 52.4 cm³/mol. The van der Waals surface area contributed by atoms with Crippen LogP contribution in [-0.4, -0.2) is 21.0 Å². The zero-order chi connectivity index (χ0) is 10.1. The van der Waals surface area contributed by atoms with Gasteiger partial charge in [0.05, 0.1) is 0 Å². The van der Waals surface area contributed by atoms with Gasteiger partial charge >= 0.3 is 5.97 Å². The van der Waals surface area contributed by atoms with E-state index < -0.39 is 5.97 Å². The first-order valence-electron chi connectivity index (χ1n) is 4.42. The fraction of sp³-hybridized carbons (Fsp3) is 0.200. The highest BCUT2D eigenvalue weighted by atomic mass is 16.4. The number of rotatable bonds is 2. The molecule has 4 nitrogen and oxygen atoms in total. The third kappa shape index (κ3) is 1.25. The van der Waals surface area contributed by atoms with E-state index >= 15 is 0 Å². The number of hydrogen-bond acceptors (Lipinski definition) is 2. The summed E-state index contributed by atoms with van der Waals surface area (Å²) in [6, 6.07) is 3.53. The van der Waals surface area contributed by atoms with Crippen LogP contribution in [0, 0.1) is 0 Å². The lowest BCUT2D eigenvalue weighted by Crippen LogP contribution is -1.94. The minimum absolute atomic E-state index is 0.188. The third-order valence-corrected chi connectivity index (χ3v) is 2.23. The number of aromatic nitrogens is 2. The maximum Gasteiger partial charge on any atom is 0.352 e. The van der Waals surface area contributed by atoms with Crippen molar-refractivity contribution in [3.63, 3.8) is 0 Å². The first-order valence-corrected chi connectivity index (χ1v) is 4.42. The Morgan fingerprint density at radius 3 is 3.07 bits per heavy atom. The van der Waals surface area contributed by atoms with E-state index in [9.17, 15) is 4.79 Å². The van der Waals surface area contributed by atoms with E-state index in [1.54, 1.807) is 12.3 Å². The van der Waals surface area contributed by atoms with Crippen molar-refractivity contribution in [3.05, 3.63) is 29.6 Å². The van der Waals surface area contributed by atoms with Crippen molar-refractivity contribution >= 4 is 17.0 Å². The molecule has 0 fully saturated rings. The zero-order valence-corrected chi connectivity index (χ0v) is 7.74. The van der Waals surface area contributed by atoms with Crippen LogP contribution in [-0.2, 0) is 6.42 Å². The zero-order valence-electron chi connectivity index (χ0n) is 7.74. The monoisotopic (exact) mass is 190 g/mol. The predicted octanol–water partition coefficient (Wildman–Crippen LogP) is 1.82. The molecule has 0 aliphatic heterocycles. The summed E-state index contributed by atoms with van der Waals surface area (Å²) in [6.07, 6.45) is 2.55. The molecule has 0 unspecified atom stereocenters. The highest BCUT2D eigenvalue weighted by molar-refractivity contribution is 5.93. The summed E-state index contributed by atoms with van der Waals surface area (Å²) < 4.78 is 0. The molecule has 2 rings (SSSR count). The number of carbonyl (C=O) groups is 1. The summed E-state index contributed by atoms with van der Waals surface area (Å²) in [4.78, 5) is 17.5. The lowest BCUT2D eigenvalue weighted by molar-refractivity contribution is 0.0691. The maximum absolute atomic E-state index is 10.7. The van der Waals surface area contributed by atoms with Crippen molar-refractivity contribution in [2.75, 3.05) is 0 Å². The van der Waals surface area contributed by atoms with Crippen molar-refractivity contribution in [3.8, 4) is 0 Å². The fourth-order valence-electron chi connectivity index (χ4n) is 1.51. The summed E-state index contributed by atoms with van der Waals surface area (Å²) in [5.74, 6) is -0.954. The number of nitrogens with one attached hydrogen (secondary N) is 1. The molecule has 2 aromatic rings. The maximum atomic E-state index is 10.7. The highest BCUT2D eigenvalue weighted by Crippen LogP contribution is 2.18. The number of aromatic carboxylic acids is 1. The van der Waals surface area contributed by atoms with Crippen molar-refractivity contribution in [1.82, 2.24) is 9.97 Å². The van der Waals surface area contributed by atoms with Crippen LogP contribution in [0.2, 0.25) is 0 Å². The van der Waals surface area contributed by atoms with Crippen LogP contribution in [0.3, 0.4) is 0 Å². The molecular formula is C10H10N2O2. The molecule has 0 saturated heterocycles. The molecule has 2 heterocycles. The second kappa shape index (κ2) is 3.14. The van der Waals surface area contributed by atoms with Crippen LogP contribution < -0.4 is 0 Å². The van der Waals surface area contributed by atoms with E-state index in [4.69, 9.17) is 5.11 Å². The number of fused-ring (bicyclic) bond motifs is 1. The van der Waals surface area contributed by atoms with Gasteiger partial charge in [0.15, 0.2) is 0 Å². The van der Waals surface area contributed by atoms with E-state index in [1.165, 1.54) is 0 Å². The smallest absolute Gasteiger partial charge is 0.352 e. The number of aromatic amines is 1. The molecule has 2 aromatic heterocycles. The summed E-state index contributed by atoms with van der Waals surface area (Å²) >= 11 is 0. The molecule has 72 valence electrons. The molecule has 2 N–H and O–H groups in total. The molecule has 0 saturated carbocycles. The Bertz CT molecular complexity index is 488. The number of pyridine rings is 1. The van der Waals surface area contributed by atoms with Crippen LogP contribution >= 0.6 is 0 Å². The molecule has 0 bridgehead atoms. The fourth-order valence-corrected chi connectivity index (χ4v) is 1.51. The summed E-state index contributed by atoms with van der Waals surface area (Å²) in [5, 5.41) is 9.69. The normalized spacial score (nSPS) is 10.6. The van der Waals surface area contributed by atoms with Gasteiger partial charge in [0.25, 0.3) is 0 Å². The Labute approximate surface area is 80.6 Å². The Hall–Kier alpha value is -1.84. The topological polar surface area (TPSA) is 66.0 Å². The number of aryl methyl sites for hydroxylation is 1. The van der Waals surface area contributed by atoms with Crippen molar-refractivity contribution < 1.29 is 9.90 Å². The number of nitrogens with zero attached hydrogens (tertiary/aromatic N) is 1. The number of hydrogen-bond donors (Lipinski definition) is 2. The van der Waals surface area contributed by atoms with E-state index in [0.29, 0.717) is 5.65 Å². The van der Waals surface area contributed by atoms with Crippen LogP contribution in [0.25, 0.3) is 11.0 Å². The highest BCUT2D eigenvalue weighted by Gasteiger charge is 2.09. The van der Waals surface area contributed by atoms with Gasteiger partial charge in [0, 0.05) is 11.6 Å². The minimum Gasteiger partial charge on any atom is -0.477 e. The largest absolute Gasteiger partial charge is 0.477 e. The quantitative estimate of drug-likeness (QED) is 0.759. The van der Waals surface area contributed by atoms with Gasteiger partial charge in [0.2, 0.25) is 0 Å². The Morgan fingerprint density at radius 2 is 2.43 bits per heavy atom. The Morgan fingerprint density at radius 1 is 1.64 bits per heavy atom. The average Bonchev–Trinajstić information content (AvgIpc) is 2.60. The van der Waals surface area contributed by atoms with Gasteiger partial charge < -0.3 is 10.1 Å². The summed E-state index contributed by atoms with van der Waals surface area (Å²) in [6.45, 7) is 2.03. The van der Waals surface area contributed by atoms with Gasteiger partial charge in [-0.05, 0) is 24.1 Å². The van der Waals surface area contributed by atoms with Crippen molar-refractivity contribution in [2.45, 2.75) is 13.3 Å². The van der Waals surface area contributed by atoms with E-state index in [2.05, 4.69) is 9.97 Å². The Balaban J connectivity index is 2.70. The Kier molecular flexibility index (Phi) is 1.96. The van der Waals surface area contributed by atoms with Crippen LogP contribution in [0.1, 0.15) is 23.0 Å². The van der Waals surface area contributed by atoms with Crippen LogP contribution in [0.4, 0.5) is 0 Å². The van der Waals surface area contributed by atoms with E-state index in [1.807, 2.05) is 13.0 Å². The van der Waals surface area contributed by atoms with Crippen molar-refractivity contribution in [2.24, 2.45) is 0 Å². The number of carboxylic acid groups (broad SMARTS) is 1. The summed E-state index contributed by atoms with van der Waals surface area (Å²) in [7, 11) is 0. The van der Waals surface area contributed by atoms with E-state index in [0.717, 1.165) is 17.4 Å². The van der Waals surface area contributed by atoms with Gasteiger partial charge in [-0.2, -0.15) is 0 Å².